The molecule has 0 bridgehead atoms. The number of hydrogen-bond donors (Lipinski definition) is 4. The third kappa shape index (κ3) is 5.67. The van der Waals surface area contributed by atoms with Crippen molar-refractivity contribution in [1.29, 1.82) is 5.41 Å². The second-order valence-corrected chi connectivity index (χ2v) is 2.44. The van der Waals surface area contributed by atoms with Crippen molar-refractivity contribution < 1.29 is 4.79 Å². The van der Waals surface area contributed by atoms with E-state index in [1.165, 1.54) is 0 Å². The van der Waals surface area contributed by atoms with Crippen LogP contribution >= 0.6 is 0 Å². The average Bonchev–Trinajstić information content (AvgIpc) is 2.04. The Kier molecular flexibility index (Phi) is 6.00. The molecule has 0 aliphatic carbocycles. The molecule has 0 aromatic heterocycles. The molecule has 0 saturated carbocycles. The fourth-order valence-corrected chi connectivity index (χ4v) is 0.791. The smallest absolute Gasteiger partial charge is 0.216 e. The number of nitrogens with two attached hydrogens (primary N) is 1. The van der Waals surface area contributed by atoms with Gasteiger partial charge < -0.3 is 16.4 Å². The summed E-state index contributed by atoms with van der Waals surface area (Å²) in [7, 11) is 1.72. The van der Waals surface area contributed by atoms with Gasteiger partial charge in [-0.1, -0.05) is 0 Å². The summed E-state index contributed by atoms with van der Waals surface area (Å²) in [4.78, 5) is 10.2. The molecule has 0 fully saturated rings. The zero-order chi connectivity index (χ0) is 9.40. The molecule has 5 N–H and O–H groups in total. The van der Waals surface area contributed by atoms with Crippen LogP contribution in [-0.4, -0.2) is 31.9 Å². The van der Waals surface area contributed by atoms with Crippen LogP contribution in [-0.2, 0) is 4.79 Å². The predicted molar refractivity (Wildman–Crippen MR) is 47.7 cm³/mol. The lowest BCUT2D eigenvalue weighted by atomic mass is 10.2. The third-order valence-corrected chi connectivity index (χ3v) is 1.48. The van der Waals surface area contributed by atoms with Gasteiger partial charge in [-0.3, -0.25) is 10.2 Å². The topological polar surface area (TPSA) is 91.0 Å². The molecule has 0 heterocycles. The van der Waals surface area contributed by atoms with Gasteiger partial charge in [0.2, 0.25) is 6.29 Å². The minimum absolute atomic E-state index is 0.0360. The maximum absolute atomic E-state index is 10.2. The van der Waals surface area contributed by atoms with E-state index in [2.05, 4.69) is 10.6 Å². The highest BCUT2D eigenvalue weighted by Crippen LogP contribution is 1.91. The molecular weight excluding hydrogens is 156 g/mol. The Labute approximate surface area is 72.2 Å². The van der Waals surface area contributed by atoms with Gasteiger partial charge in [0.1, 0.15) is 0 Å². The molecule has 1 unspecified atom stereocenters. The van der Waals surface area contributed by atoms with Crippen LogP contribution in [0.3, 0.4) is 0 Å². The predicted octanol–water partition coefficient (Wildman–Crippen LogP) is -1.05. The van der Waals surface area contributed by atoms with Crippen LogP contribution in [0.2, 0.25) is 0 Å². The van der Waals surface area contributed by atoms with Crippen molar-refractivity contribution >= 4 is 12.2 Å². The first-order valence-corrected chi connectivity index (χ1v) is 3.83. The van der Waals surface area contributed by atoms with E-state index < -0.39 is 0 Å². The van der Waals surface area contributed by atoms with Gasteiger partial charge in [-0.2, -0.15) is 0 Å². The minimum atomic E-state index is -0.209. The van der Waals surface area contributed by atoms with Gasteiger partial charge >= 0.3 is 0 Å². The van der Waals surface area contributed by atoms with Crippen molar-refractivity contribution in [2.24, 2.45) is 5.73 Å². The van der Waals surface area contributed by atoms with E-state index in [1.54, 1.807) is 7.05 Å². The van der Waals surface area contributed by atoms with Crippen molar-refractivity contribution in [3.63, 3.8) is 0 Å². The molecule has 0 rings (SSSR count). The summed E-state index contributed by atoms with van der Waals surface area (Å²) in [6.45, 7) is 0.620. The number of hydrogen-bond acceptors (Lipinski definition) is 3. The van der Waals surface area contributed by atoms with Crippen molar-refractivity contribution in [3.8, 4) is 0 Å². The van der Waals surface area contributed by atoms with Crippen molar-refractivity contribution in [2.75, 3.05) is 13.6 Å². The summed E-state index contributed by atoms with van der Waals surface area (Å²) < 4.78 is 0. The lowest BCUT2D eigenvalue weighted by Crippen LogP contribution is -2.32. The number of guanidine groups is 1. The SMILES string of the molecule is CNC([C]=O)CCCNC(=N)N. The normalized spacial score (nSPS) is 12.1. The lowest BCUT2D eigenvalue weighted by molar-refractivity contribution is 0.510. The van der Waals surface area contributed by atoms with Crippen LogP contribution < -0.4 is 16.4 Å². The van der Waals surface area contributed by atoms with Gasteiger partial charge in [-0.25, -0.2) is 0 Å². The fourth-order valence-electron chi connectivity index (χ4n) is 0.791. The van der Waals surface area contributed by atoms with E-state index >= 15 is 0 Å². The Bertz CT molecular complexity index is 148. The quantitative estimate of drug-likeness (QED) is 0.233. The van der Waals surface area contributed by atoms with Gasteiger partial charge in [0.05, 0.1) is 6.04 Å². The number of likely N-dealkylation sites (N-methyl/N-ethyl adjacent to an activating group) is 1. The van der Waals surface area contributed by atoms with E-state index in [4.69, 9.17) is 11.1 Å². The van der Waals surface area contributed by atoms with E-state index in [0.29, 0.717) is 13.0 Å². The third-order valence-electron chi connectivity index (χ3n) is 1.48. The Balaban J connectivity index is 3.29. The zero-order valence-electron chi connectivity index (χ0n) is 7.18. The molecular formula is C7H15N4O. The zero-order valence-corrected chi connectivity index (χ0v) is 7.18. The maximum atomic E-state index is 10.2. The highest BCUT2D eigenvalue weighted by Gasteiger charge is 2.03. The Morgan fingerprint density at radius 1 is 1.75 bits per heavy atom. The highest BCUT2D eigenvalue weighted by molar-refractivity contribution is 5.74. The first kappa shape index (κ1) is 10.9. The van der Waals surface area contributed by atoms with E-state index in [9.17, 15) is 4.79 Å². The van der Waals surface area contributed by atoms with E-state index in [1.807, 2.05) is 6.29 Å². The van der Waals surface area contributed by atoms with Crippen molar-refractivity contribution in [2.45, 2.75) is 18.9 Å². The second-order valence-electron chi connectivity index (χ2n) is 2.44. The Morgan fingerprint density at radius 2 is 2.42 bits per heavy atom. The summed E-state index contributed by atoms with van der Waals surface area (Å²) in [5, 5.41) is 12.3. The van der Waals surface area contributed by atoms with Crippen molar-refractivity contribution in [3.05, 3.63) is 0 Å². The molecule has 0 aliphatic rings. The van der Waals surface area contributed by atoms with Gasteiger partial charge in [0.15, 0.2) is 5.96 Å². The summed E-state index contributed by atoms with van der Waals surface area (Å²) in [6, 6.07) is -0.209. The second kappa shape index (κ2) is 6.60. The van der Waals surface area contributed by atoms with Crippen LogP contribution in [0.1, 0.15) is 12.8 Å². The van der Waals surface area contributed by atoms with Crippen LogP contribution in [0.5, 0.6) is 0 Å². The van der Waals surface area contributed by atoms with Crippen LogP contribution in [0, 0.1) is 5.41 Å². The maximum Gasteiger partial charge on any atom is 0.216 e. The van der Waals surface area contributed by atoms with E-state index in [0.717, 1.165) is 6.42 Å². The molecule has 5 nitrogen and oxygen atoms in total. The first-order chi connectivity index (χ1) is 5.70. The van der Waals surface area contributed by atoms with Gasteiger partial charge in [0, 0.05) is 6.54 Å². The standard InChI is InChI=1S/C7H15N4O/c1-10-6(5-12)3-2-4-11-7(8)9/h6,10H,2-4H2,1H3,(H4,8,9,11). The number of rotatable bonds is 6. The van der Waals surface area contributed by atoms with Gasteiger partial charge in [-0.05, 0) is 19.9 Å². The number of carbonyl (C=O) groups excluding carboxylic acids is 1. The molecule has 0 aliphatic heterocycles. The molecule has 0 spiro atoms. The molecule has 0 saturated heterocycles. The highest BCUT2D eigenvalue weighted by atomic mass is 16.1. The largest absolute Gasteiger partial charge is 0.370 e. The van der Waals surface area contributed by atoms with Crippen LogP contribution in [0.25, 0.3) is 0 Å². The van der Waals surface area contributed by atoms with Crippen LogP contribution in [0.4, 0.5) is 0 Å². The van der Waals surface area contributed by atoms with Crippen LogP contribution in [0.15, 0.2) is 0 Å². The average molecular weight is 171 g/mol. The fraction of sp³-hybridized carbons (Fsp3) is 0.714. The van der Waals surface area contributed by atoms with Gasteiger partial charge in [-0.15, -0.1) is 0 Å². The lowest BCUT2D eigenvalue weighted by Gasteiger charge is -2.07. The summed E-state index contributed by atoms with van der Waals surface area (Å²) >= 11 is 0. The minimum Gasteiger partial charge on any atom is -0.370 e. The summed E-state index contributed by atoms with van der Waals surface area (Å²) in [5.74, 6) is -0.0360. The molecule has 0 amide bonds. The van der Waals surface area contributed by atoms with E-state index in [-0.39, 0.29) is 12.0 Å². The molecule has 1 radical (unpaired) electrons. The molecule has 1 atom stereocenters. The molecule has 5 heteroatoms. The first-order valence-electron chi connectivity index (χ1n) is 3.83. The molecule has 69 valence electrons. The Morgan fingerprint density at radius 3 is 2.83 bits per heavy atom. The monoisotopic (exact) mass is 171 g/mol. The molecule has 12 heavy (non-hydrogen) atoms. The van der Waals surface area contributed by atoms with Crippen molar-refractivity contribution in [1.82, 2.24) is 10.6 Å². The molecule has 0 aromatic carbocycles. The summed E-state index contributed by atoms with van der Waals surface area (Å²) in [5.41, 5.74) is 5.05. The number of nitrogens with one attached hydrogen (secondary N) is 3. The summed E-state index contributed by atoms with van der Waals surface area (Å²) in [6.07, 6.45) is 3.37. The molecule has 0 aromatic rings. The van der Waals surface area contributed by atoms with Gasteiger partial charge in [0.25, 0.3) is 0 Å². The Hall–Kier alpha value is -1.10.